The van der Waals surface area contributed by atoms with Gasteiger partial charge in [0.25, 0.3) is 0 Å². The van der Waals surface area contributed by atoms with Crippen molar-refractivity contribution in [2.24, 2.45) is 0 Å². The summed E-state index contributed by atoms with van der Waals surface area (Å²) in [6, 6.07) is 20.4. The number of benzene rings is 3. The van der Waals surface area contributed by atoms with Crippen LogP contribution in [0.4, 0.5) is 5.69 Å². The molecule has 6 nitrogen and oxygen atoms in total. The molecule has 0 aliphatic heterocycles. The van der Waals surface area contributed by atoms with Gasteiger partial charge in [-0.25, -0.2) is 8.42 Å². The van der Waals surface area contributed by atoms with Gasteiger partial charge in [-0.3, -0.25) is 4.79 Å². The van der Waals surface area contributed by atoms with Crippen molar-refractivity contribution >= 4 is 21.6 Å². The summed E-state index contributed by atoms with van der Waals surface area (Å²) >= 11 is 0. The van der Waals surface area contributed by atoms with Crippen LogP contribution in [0.25, 0.3) is 0 Å². The largest absolute Gasteiger partial charge is 0.494 e. The third-order valence-electron chi connectivity index (χ3n) is 5.06. The highest BCUT2D eigenvalue weighted by Crippen LogP contribution is 2.22. The van der Waals surface area contributed by atoms with Crippen LogP contribution in [-0.4, -0.2) is 27.0 Å². The molecule has 1 atom stereocenters. The minimum atomic E-state index is -3.95. The standard InChI is InChI=1S/C25H28N2O4S/c1-4-31-24-15-14-21(16-19(24)3)32(29,30)27-23(17-20-11-6-5-7-12-20)25(28)26-22-13-9-8-10-18(22)2/h5-16,23,27H,4,17H2,1-3H3,(H,26,28)/t23-/m1/s1. The molecule has 0 fully saturated rings. The van der Waals surface area contributed by atoms with Crippen LogP contribution in [-0.2, 0) is 21.2 Å². The topological polar surface area (TPSA) is 84.5 Å². The molecule has 1 amide bonds. The van der Waals surface area contributed by atoms with E-state index in [0.29, 0.717) is 23.6 Å². The first-order valence-corrected chi connectivity index (χ1v) is 11.9. The molecule has 2 N–H and O–H groups in total. The average Bonchev–Trinajstić information content (AvgIpc) is 2.77. The van der Waals surface area contributed by atoms with Crippen LogP contribution in [0.5, 0.6) is 5.75 Å². The van der Waals surface area contributed by atoms with Crippen molar-refractivity contribution < 1.29 is 17.9 Å². The van der Waals surface area contributed by atoms with Crippen molar-refractivity contribution in [2.45, 2.75) is 38.1 Å². The molecule has 32 heavy (non-hydrogen) atoms. The molecular weight excluding hydrogens is 424 g/mol. The second-order valence-electron chi connectivity index (χ2n) is 7.53. The first kappa shape index (κ1) is 23.5. The number of hydrogen-bond donors (Lipinski definition) is 2. The lowest BCUT2D eigenvalue weighted by molar-refractivity contribution is -0.117. The van der Waals surface area contributed by atoms with Crippen LogP contribution >= 0.6 is 0 Å². The van der Waals surface area contributed by atoms with Gasteiger partial charge in [-0.2, -0.15) is 4.72 Å². The molecule has 168 valence electrons. The summed E-state index contributed by atoms with van der Waals surface area (Å²) in [6.07, 6.45) is 0.216. The number of carbonyl (C=O) groups excluding carboxylic acids is 1. The lowest BCUT2D eigenvalue weighted by Gasteiger charge is -2.20. The van der Waals surface area contributed by atoms with Crippen molar-refractivity contribution in [1.82, 2.24) is 4.72 Å². The van der Waals surface area contributed by atoms with Crippen LogP contribution in [0, 0.1) is 13.8 Å². The van der Waals surface area contributed by atoms with E-state index in [1.807, 2.05) is 62.4 Å². The van der Waals surface area contributed by atoms with Crippen molar-refractivity contribution in [3.8, 4) is 5.75 Å². The maximum absolute atomic E-state index is 13.1. The van der Waals surface area contributed by atoms with Crippen molar-refractivity contribution in [3.05, 3.63) is 89.5 Å². The Morgan fingerprint density at radius 3 is 2.28 bits per heavy atom. The summed E-state index contributed by atoms with van der Waals surface area (Å²) < 4.78 is 34.4. The number of anilines is 1. The number of ether oxygens (including phenoxy) is 1. The van der Waals surface area contributed by atoms with Crippen LogP contribution in [0.3, 0.4) is 0 Å². The van der Waals surface area contributed by atoms with E-state index >= 15 is 0 Å². The van der Waals surface area contributed by atoms with Crippen LogP contribution in [0.1, 0.15) is 23.6 Å². The van der Waals surface area contributed by atoms with Gasteiger partial charge in [0.15, 0.2) is 0 Å². The Labute approximate surface area is 189 Å². The third-order valence-corrected chi connectivity index (χ3v) is 6.53. The summed E-state index contributed by atoms with van der Waals surface area (Å²) in [7, 11) is -3.95. The van der Waals surface area contributed by atoms with Crippen LogP contribution in [0.2, 0.25) is 0 Å². The molecule has 0 saturated carbocycles. The molecule has 0 unspecified atom stereocenters. The maximum atomic E-state index is 13.1. The molecular formula is C25H28N2O4S. The number of para-hydroxylation sites is 1. The highest BCUT2D eigenvalue weighted by atomic mass is 32.2. The van der Waals surface area contributed by atoms with Gasteiger partial charge in [0, 0.05) is 5.69 Å². The fourth-order valence-corrected chi connectivity index (χ4v) is 4.61. The van der Waals surface area contributed by atoms with Gasteiger partial charge in [-0.15, -0.1) is 0 Å². The van der Waals surface area contributed by atoms with Crippen molar-refractivity contribution in [2.75, 3.05) is 11.9 Å². The summed E-state index contributed by atoms with van der Waals surface area (Å²) in [6.45, 7) is 6.03. The predicted octanol–water partition coefficient (Wildman–Crippen LogP) is 4.23. The summed E-state index contributed by atoms with van der Waals surface area (Å²) in [5.74, 6) is 0.207. The number of hydrogen-bond acceptors (Lipinski definition) is 4. The molecule has 0 aromatic heterocycles. The number of amides is 1. The Hall–Kier alpha value is -3.16. The molecule has 0 saturated heterocycles. The van der Waals surface area contributed by atoms with Gasteiger partial charge in [0.2, 0.25) is 15.9 Å². The van der Waals surface area contributed by atoms with E-state index in [-0.39, 0.29) is 11.3 Å². The van der Waals surface area contributed by atoms with E-state index in [1.54, 1.807) is 25.1 Å². The van der Waals surface area contributed by atoms with Crippen LogP contribution in [0.15, 0.2) is 77.7 Å². The van der Waals surface area contributed by atoms with Gasteiger partial charge in [0.05, 0.1) is 11.5 Å². The number of rotatable bonds is 9. The molecule has 0 aliphatic rings. The summed E-state index contributed by atoms with van der Waals surface area (Å²) in [5.41, 5.74) is 3.10. The molecule has 0 radical (unpaired) electrons. The number of nitrogens with one attached hydrogen (secondary N) is 2. The highest BCUT2D eigenvalue weighted by Gasteiger charge is 2.27. The molecule has 0 heterocycles. The first-order valence-electron chi connectivity index (χ1n) is 10.5. The van der Waals surface area contributed by atoms with E-state index in [9.17, 15) is 13.2 Å². The fourth-order valence-electron chi connectivity index (χ4n) is 3.33. The van der Waals surface area contributed by atoms with Gasteiger partial charge < -0.3 is 10.1 Å². The van der Waals surface area contributed by atoms with Crippen LogP contribution < -0.4 is 14.8 Å². The van der Waals surface area contributed by atoms with E-state index in [0.717, 1.165) is 11.1 Å². The summed E-state index contributed by atoms with van der Waals surface area (Å²) in [5, 5.41) is 2.86. The number of aryl methyl sites for hydroxylation is 2. The lowest BCUT2D eigenvalue weighted by Crippen LogP contribution is -2.45. The number of sulfonamides is 1. The second kappa shape index (κ2) is 10.4. The second-order valence-corrected chi connectivity index (χ2v) is 9.24. The zero-order chi connectivity index (χ0) is 23.1. The lowest BCUT2D eigenvalue weighted by atomic mass is 10.1. The van der Waals surface area contributed by atoms with E-state index in [1.165, 1.54) is 6.07 Å². The summed E-state index contributed by atoms with van der Waals surface area (Å²) in [4.78, 5) is 13.2. The van der Waals surface area contributed by atoms with E-state index < -0.39 is 22.0 Å². The van der Waals surface area contributed by atoms with Gasteiger partial charge in [-0.05, 0) is 68.1 Å². The highest BCUT2D eigenvalue weighted by molar-refractivity contribution is 7.89. The maximum Gasteiger partial charge on any atom is 0.242 e. The van der Waals surface area contributed by atoms with Gasteiger partial charge in [0.1, 0.15) is 11.8 Å². The zero-order valence-electron chi connectivity index (χ0n) is 18.5. The van der Waals surface area contributed by atoms with E-state index in [2.05, 4.69) is 10.0 Å². The van der Waals surface area contributed by atoms with Gasteiger partial charge in [-0.1, -0.05) is 48.5 Å². The monoisotopic (exact) mass is 452 g/mol. The quantitative estimate of drug-likeness (QED) is 0.509. The third kappa shape index (κ3) is 5.96. The van der Waals surface area contributed by atoms with Crippen molar-refractivity contribution in [3.63, 3.8) is 0 Å². The smallest absolute Gasteiger partial charge is 0.242 e. The molecule has 7 heteroatoms. The van der Waals surface area contributed by atoms with E-state index in [4.69, 9.17) is 4.74 Å². The molecule has 3 rings (SSSR count). The zero-order valence-corrected chi connectivity index (χ0v) is 19.3. The van der Waals surface area contributed by atoms with Crippen molar-refractivity contribution in [1.29, 1.82) is 0 Å². The minimum Gasteiger partial charge on any atom is -0.494 e. The Kier molecular flexibility index (Phi) is 7.66. The Morgan fingerprint density at radius 1 is 0.938 bits per heavy atom. The fraction of sp³-hybridized carbons (Fsp3) is 0.240. The Morgan fingerprint density at radius 2 is 1.62 bits per heavy atom. The molecule has 3 aromatic carbocycles. The average molecular weight is 453 g/mol. The SMILES string of the molecule is CCOc1ccc(S(=O)(=O)N[C@H](Cc2ccccc2)C(=O)Nc2ccccc2C)cc1C. The first-order chi connectivity index (χ1) is 15.3. The Balaban J connectivity index is 1.88. The molecule has 3 aromatic rings. The van der Waals surface area contributed by atoms with Gasteiger partial charge >= 0.3 is 0 Å². The normalized spacial score (nSPS) is 12.2. The predicted molar refractivity (Wildman–Crippen MR) is 126 cm³/mol. The molecule has 0 bridgehead atoms. The molecule has 0 spiro atoms. The minimum absolute atomic E-state index is 0.0835. The Bertz CT molecular complexity index is 1180. The molecule has 0 aliphatic carbocycles. The number of carbonyl (C=O) groups is 1.